The Bertz CT molecular complexity index is 769. The van der Waals surface area contributed by atoms with E-state index in [4.69, 9.17) is 0 Å². The highest BCUT2D eigenvalue weighted by Gasteiger charge is 2.21. The summed E-state index contributed by atoms with van der Waals surface area (Å²) in [7, 11) is 0. The van der Waals surface area contributed by atoms with E-state index in [0.29, 0.717) is 18.7 Å². The molecule has 0 spiro atoms. The molecule has 7 heteroatoms. The van der Waals surface area contributed by atoms with Gasteiger partial charge in [-0.3, -0.25) is 14.6 Å². The lowest BCUT2D eigenvalue weighted by Gasteiger charge is -2.15. The summed E-state index contributed by atoms with van der Waals surface area (Å²) in [6, 6.07) is 6.13. The molecule has 1 saturated heterocycles. The number of carbonyl (C=O) groups excluding carboxylic acids is 2. The average Bonchev–Trinajstić information content (AvgIpc) is 3.12. The van der Waals surface area contributed by atoms with E-state index in [9.17, 15) is 18.4 Å². The molecule has 0 atom stereocenters. The summed E-state index contributed by atoms with van der Waals surface area (Å²) in [5.74, 6) is -2.73. The minimum atomic E-state index is -0.882. The van der Waals surface area contributed by atoms with E-state index < -0.39 is 23.2 Å². The van der Waals surface area contributed by atoms with Crippen molar-refractivity contribution in [3.8, 4) is 0 Å². The number of nitrogens with zero attached hydrogens (tertiary/aromatic N) is 2. The Balaban J connectivity index is 1.80. The minimum Gasteiger partial charge on any atom is -0.339 e. The van der Waals surface area contributed by atoms with Gasteiger partial charge in [0.05, 0.1) is 0 Å². The number of hydrogen-bond acceptors (Lipinski definition) is 3. The molecule has 24 heavy (non-hydrogen) atoms. The molecule has 1 aromatic heterocycles. The Labute approximate surface area is 137 Å². The van der Waals surface area contributed by atoms with Gasteiger partial charge >= 0.3 is 0 Å². The van der Waals surface area contributed by atoms with Crippen molar-refractivity contribution in [1.82, 2.24) is 9.88 Å². The number of para-hydroxylation sites is 1. The van der Waals surface area contributed by atoms with Crippen molar-refractivity contribution in [2.24, 2.45) is 0 Å². The van der Waals surface area contributed by atoms with E-state index in [1.54, 1.807) is 4.90 Å². The van der Waals surface area contributed by atoms with Crippen molar-refractivity contribution in [3.63, 3.8) is 0 Å². The molecule has 1 aromatic carbocycles. The van der Waals surface area contributed by atoms with Crippen molar-refractivity contribution in [1.29, 1.82) is 0 Å². The van der Waals surface area contributed by atoms with Crippen LogP contribution < -0.4 is 5.32 Å². The van der Waals surface area contributed by atoms with Gasteiger partial charge in [-0.05, 0) is 37.1 Å². The van der Waals surface area contributed by atoms with Gasteiger partial charge in [-0.2, -0.15) is 0 Å². The summed E-state index contributed by atoms with van der Waals surface area (Å²) >= 11 is 0. The number of likely N-dealkylation sites (tertiary alicyclic amines) is 1. The normalized spacial score (nSPS) is 13.8. The topological polar surface area (TPSA) is 62.3 Å². The maximum Gasteiger partial charge on any atom is 0.274 e. The van der Waals surface area contributed by atoms with Crippen LogP contribution in [0.3, 0.4) is 0 Å². The Morgan fingerprint density at radius 3 is 2.42 bits per heavy atom. The fourth-order valence-corrected chi connectivity index (χ4v) is 2.59. The minimum absolute atomic E-state index is 0.0808. The molecule has 124 valence electrons. The van der Waals surface area contributed by atoms with Crippen LogP contribution in [0, 0.1) is 11.6 Å². The van der Waals surface area contributed by atoms with Crippen LogP contribution in [0.1, 0.15) is 33.7 Å². The number of amides is 2. The van der Waals surface area contributed by atoms with Crippen molar-refractivity contribution in [2.75, 3.05) is 18.4 Å². The van der Waals surface area contributed by atoms with Gasteiger partial charge in [0.1, 0.15) is 23.0 Å². The van der Waals surface area contributed by atoms with E-state index in [1.165, 1.54) is 24.4 Å². The second-order valence-corrected chi connectivity index (χ2v) is 5.48. The Hall–Kier alpha value is -2.83. The number of aromatic nitrogens is 1. The highest BCUT2D eigenvalue weighted by Crippen LogP contribution is 2.19. The first-order valence-corrected chi connectivity index (χ1v) is 7.57. The van der Waals surface area contributed by atoms with Crippen LogP contribution >= 0.6 is 0 Å². The third-order valence-electron chi connectivity index (χ3n) is 3.83. The lowest BCUT2D eigenvalue weighted by Crippen LogP contribution is -2.28. The lowest BCUT2D eigenvalue weighted by atomic mass is 10.2. The van der Waals surface area contributed by atoms with E-state index in [1.807, 2.05) is 0 Å². The molecule has 0 unspecified atom stereocenters. The number of pyridine rings is 1. The Morgan fingerprint density at radius 1 is 1.08 bits per heavy atom. The molecule has 2 aromatic rings. The first-order chi connectivity index (χ1) is 11.6. The second-order valence-electron chi connectivity index (χ2n) is 5.48. The highest BCUT2D eigenvalue weighted by molar-refractivity contribution is 6.04. The number of halogens is 2. The maximum atomic E-state index is 13.6. The number of hydrogen-bond donors (Lipinski definition) is 1. The molecule has 0 radical (unpaired) electrons. The molecule has 2 amide bonds. The first-order valence-electron chi connectivity index (χ1n) is 7.57. The second kappa shape index (κ2) is 6.74. The number of anilines is 1. The van der Waals surface area contributed by atoms with Crippen molar-refractivity contribution in [3.05, 3.63) is 59.4 Å². The molecule has 0 aliphatic carbocycles. The van der Waals surface area contributed by atoms with Gasteiger partial charge < -0.3 is 10.2 Å². The van der Waals surface area contributed by atoms with Crippen molar-refractivity contribution >= 4 is 17.5 Å². The van der Waals surface area contributed by atoms with E-state index in [2.05, 4.69) is 10.3 Å². The SMILES string of the molecule is O=C(Nc1c(F)cccc1F)c1cc(C(=O)N2CCCC2)ccn1. The summed E-state index contributed by atoms with van der Waals surface area (Å²) in [5, 5.41) is 2.15. The number of rotatable bonds is 3. The van der Waals surface area contributed by atoms with Crippen molar-refractivity contribution < 1.29 is 18.4 Å². The molecule has 0 saturated carbocycles. The van der Waals surface area contributed by atoms with E-state index >= 15 is 0 Å². The summed E-state index contributed by atoms with van der Waals surface area (Å²) in [4.78, 5) is 30.1. The van der Waals surface area contributed by atoms with Gasteiger partial charge in [0.25, 0.3) is 11.8 Å². The Morgan fingerprint density at radius 2 is 1.75 bits per heavy atom. The fourth-order valence-electron chi connectivity index (χ4n) is 2.59. The van der Waals surface area contributed by atoms with Gasteiger partial charge in [0.15, 0.2) is 0 Å². The zero-order valence-electron chi connectivity index (χ0n) is 12.8. The van der Waals surface area contributed by atoms with Gasteiger partial charge in [0, 0.05) is 24.8 Å². The number of nitrogens with one attached hydrogen (secondary N) is 1. The quantitative estimate of drug-likeness (QED) is 0.941. The van der Waals surface area contributed by atoms with Crippen LogP contribution in [0.4, 0.5) is 14.5 Å². The van der Waals surface area contributed by atoms with Crippen LogP contribution in [0.25, 0.3) is 0 Å². The predicted octanol–water partition coefficient (Wildman–Crippen LogP) is 2.85. The van der Waals surface area contributed by atoms with Crippen LogP contribution in [-0.4, -0.2) is 34.8 Å². The largest absolute Gasteiger partial charge is 0.339 e. The molecular formula is C17H15F2N3O2. The molecular weight excluding hydrogens is 316 g/mol. The lowest BCUT2D eigenvalue weighted by molar-refractivity contribution is 0.0792. The van der Waals surface area contributed by atoms with Crippen LogP contribution in [0.2, 0.25) is 0 Å². The number of carbonyl (C=O) groups is 2. The van der Waals surface area contributed by atoms with E-state index in [0.717, 1.165) is 25.0 Å². The fraction of sp³-hybridized carbons (Fsp3) is 0.235. The molecule has 1 fully saturated rings. The smallest absolute Gasteiger partial charge is 0.274 e. The first kappa shape index (κ1) is 16.0. The zero-order valence-corrected chi connectivity index (χ0v) is 12.8. The maximum absolute atomic E-state index is 13.6. The van der Waals surface area contributed by atoms with E-state index in [-0.39, 0.29) is 11.6 Å². The van der Waals surface area contributed by atoms with Gasteiger partial charge in [0.2, 0.25) is 0 Å². The number of benzene rings is 1. The molecule has 0 bridgehead atoms. The van der Waals surface area contributed by atoms with Crippen molar-refractivity contribution in [2.45, 2.75) is 12.8 Å². The Kier molecular flexibility index (Phi) is 4.50. The molecule has 2 heterocycles. The van der Waals surface area contributed by atoms with Gasteiger partial charge in [-0.25, -0.2) is 8.78 Å². The molecule has 5 nitrogen and oxygen atoms in total. The standard InChI is InChI=1S/C17H15F2N3O2/c18-12-4-3-5-13(19)15(12)21-16(23)14-10-11(6-7-20-14)17(24)22-8-1-2-9-22/h3-7,10H,1-2,8-9H2,(H,21,23). The molecule has 3 rings (SSSR count). The zero-order chi connectivity index (χ0) is 17.1. The molecule has 1 N–H and O–H groups in total. The predicted molar refractivity (Wildman–Crippen MR) is 83.7 cm³/mol. The summed E-state index contributed by atoms with van der Waals surface area (Å²) in [5.41, 5.74) is -0.297. The molecule has 1 aliphatic rings. The van der Waals surface area contributed by atoms with Gasteiger partial charge in [-0.1, -0.05) is 6.07 Å². The van der Waals surface area contributed by atoms with Gasteiger partial charge in [-0.15, -0.1) is 0 Å². The third kappa shape index (κ3) is 3.24. The third-order valence-corrected chi connectivity index (χ3v) is 3.83. The summed E-state index contributed by atoms with van der Waals surface area (Å²) in [6.07, 6.45) is 3.24. The summed E-state index contributed by atoms with van der Waals surface area (Å²) in [6.45, 7) is 1.37. The monoisotopic (exact) mass is 331 g/mol. The summed E-state index contributed by atoms with van der Waals surface area (Å²) < 4.78 is 27.2. The highest BCUT2D eigenvalue weighted by atomic mass is 19.1. The molecule has 1 aliphatic heterocycles. The van der Waals surface area contributed by atoms with Crippen LogP contribution in [-0.2, 0) is 0 Å². The van der Waals surface area contributed by atoms with Crippen LogP contribution in [0.15, 0.2) is 36.5 Å². The average molecular weight is 331 g/mol. The van der Waals surface area contributed by atoms with Crippen LogP contribution in [0.5, 0.6) is 0 Å².